The highest BCUT2D eigenvalue weighted by atomic mass is 16.6. The second-order valence-electron chi connectivity index (χ2n) is 10.7. The number of carbonyl (C=O) groups is 1. The lowest BCUT2D eigenvalue weighted by Crippen LogP contribution is -2.57. The molecule has 1 aromatic rings. The Hall–Kier alpha value is -2.91. The van der Waals surface area contributed by atoms with Gasteiger partial charge in [0.2, 0.25) is 0 Å². The molecule has 0 amide bonds. The number of fused-ring (bicyclic) bond motifs is 1. The van der Waals surface area contributed by atoms with Crippen molar-refractivity contribution in [2.45, 2.75) is 58.2 Å². The summed E-state index contributed by atoms with van der Waals surface area (Å²) in [4.78, 5) is 23.2. The van der Waals surface area contributed by atoms with Gasteiger partial charge in [-0.05, 0) is 55.4 Å². The highest BCUT2D eigenvalue weighted by Crippen LogP contribution is 2.61. The van der Waals surface area contributed by atoms with Crippen LogP contribution < -0.4 is 9.47 Å². The maximum atomic E-state index is 12.6. The zero-order valence-corrected chi connectivity index (χ0v) is 21.1. The second-order valence-corrected chi connectivity index (χ2v) is 10.7. The van der Waals surface area contributed by atoms with E-state index in [1.807, 2.05) is 13.0 Å². The Morgan fingerprint density at radius 3 is 2.72 bits per heavy atom. The molecule has 0 radical (unpaired) electrons. The SMILES string of the molecule is C=C1CC[C@@H]2[C@](C)(CO)[C@H](O)CC[C@@]2(C)[C@@H]1C/C=C1/C(=O)OC[C@@H]1Oc1ccc([N+](=O)[O-])cc1OC. The normalized spacial score (nSPS) is 35.3. The number of nitro groups is 1. The number of aliphatic hydroxyl groups is 2. The number of nitro benzene ring substituents is 1. The quantitative estimate of drug-likeness (QED) is 0.189. The average Bonchev–Trinajstić information content (AvgIpc) is 3.20. The van der Waals surface area contributed by atoms with Gasteiger partial charge in [0.15, 0.2) is 17.6 Å². The van der Waals surface area contributed by atoms with Crippen molar-refractivity contribution in [1.29, 1.82) is 0 Å². The standard InChI is InChI=1S/C27H35NO8/c1-16-5-10-23-26(2,12-11-24(30)27(23,3)15-29)19(16)8-7-18-22(14-35-25(18)31)36-20-9-6-17(28(32)33)13-21(20)34-4/h6-7,9,13,19,22-24,29-30H,1,5,8,10-12,14-15H2,2-4H3/b18-7+/t19-,22+,23+,24-,26+,27+/m1/s1. The highest BCUT2D eigenvalue weighted by Gasteiger charge is 2.57. The van der Waals surface area contributed by atoms with Gasteiger partial charge in [0.25, 0.3) is 5.69 Å². The number of nitrogens with zero attached hydrogens (tertiary/aromatic N) is 1. The molecule has 2 N–H and O–H groups in total. The fourth-order valence-corrected chi connectivity index (χ4v) is 6.67. The lowest BCUT2D eigenvalue weighted by molar-refractivity contribution is -0.385. The number of ether oxygens (including phenoxy) is 3. The van der Waals surface area contributed by atoms with Crippen LogP contribution in [0.2, 0.25) is 0 Å². The number of non-ortho nitro benzene ring substituents is 1. The van der Waals surface area contributed by atoms with Crippen LogP contribution in [0, 0.1) is 32.8 Å². The van der Waals surface area contributed by atoms with E-state index in [0.717, 1.165) is 24.8 Å². The topological polar surface area (TPSA) is 128 Å². The summed E-state index contributed by atoms with van der Waals surface area (Å²) in [5, 5.41) is 32.0. The summed E-state index contributed by atoms with van der Waals surface area (Å²) in [6.07, 6.45) is 4.29. The summed E-state index contributed by atoms with van der Waals surface area (Å²) >= 11 is 0. The van der Waals surface area contributed by atoms with Gasteiger partial charge >= 0.3 is 5.97 Å². The van der Waals surface area contributed by atoms with Crippen LogP contribution in [0.25, 0.3) is 0 Å². The number of allylic oxidation sites excluding steroid dienone is 2. The average molecular weight is 502 g/mol. The number of benzene rings is 1. The molecule has 3 aliphatic rings. The molecule has 0 bridgehead atoms. The van der Waals surface area contributed by atoms with Crippen LogP contribution >= 0.6 is 0 Å². The first-order valence-electron chi connectivity index (χ1n) is 12.4. The number of methoxy groups -OCH3 is 1. The zero-order chi connectivity index (χ0) is 26.3. The van der Waals surface area contributed by atoms with Crippen molar-refractivity contribution >= 4 is 11.7 Å². The van der Waals surface area contributed by atoms with E-state index in [4.69, 9.17) is 14.2 Å². The maximum Gasteiger partial charge on any atom is 0.337 e. The first-order chi connectivity index (χ1) is 17.0. The van der Waals surface area contributed by atoms with Gasteiger partial charge in [-0.1, -0.05) is 32.1 Å². The summed E-state index contributed by atoms with van der Waals surface area (Å²) in [6.45, 7) is 8.49. The maximum absolute atomic E-state index is 12.6. The summed E-state index contributed by atoms with van der Waals surface area (Å²) in [6, 6.07) is 4.05. The minimum absolute atomic E-state index is 0.0328. The van der Waals surface area contributed by atoms with Crippen molar-refractivity contribution in [3.8, 4) is 11.5 Å². The Morgan fingerprint density at radius 1 is 1.31 bits per heavy atom. The molecule has 2 aliphatic carbocycles. The first-order valence-corrected chi connectivity index (χ1v) is 12.4. The zero-order valence-electron chi connectivity index (χ0n) is 21.1. The molecule has 196 valence electrons. The molecule has 9 nitrogen and oxygen atoms in total. The first kappa shape index (κ1) is 26.2. The Bertz CT molecular complexity index is 1080. The molecule has 0 aromatic heterocycles. The van der Waals surface area contributed by atoms with Gasteiger partial charge in [-0.25, -0.2) is 4.79 Å². The van der Waals surface area contributed by atoms with Gasteiger partial charge in [0.05, 0.1) is 36.4 Å². The molecule has 1 saturated heterocycles. The Kier molecular flexibility index (Phi) is 7.16. The number of rotatable bonds is 7. The molecule has 1 aliphatic heterocycles. The molecule has 6 atom stereocenters. The number of hydrogen-bond donors (Lipinski definition) is 2. The second kappa shape index (κ2) is 9.86. The predicted octanol–water partition coefficient (Wildman–Crippen LogP) is 3.97. The van der Waals surface area contributed by atoms with Crippen molar-refractivity contribution in [2.75, 3.05) is 20.3 Å². The molecule has 0 unspecified atom stereocenters. The van der Waals surface area contributed by atoms with Gasteiger partial charge in [0, 0.05) is 11.5 Å². The number of esters is 1. The Labute approximate surface area is 210 Å². The van der Waals surface area contributed by atoms with Crippen molar-refractivity contribution in [3.63, 3.8) is 0 Å². The van der Waals surface area contributed by atoms with Crippen LogP contribution in [-0.4, -0.2) is 53.6 Å². The van der Waals surface area contributed by atoms with E-state index in [9.17, 15) is 25.1 Å². The number of carbonyl (C=O) groups excluding carboxylic acids is 1. The molecule has 2 saturated carbocycles. The smallest absolute Gasteiger partial charge is 0.337 e. The molecule has 36 heavy (non-hydrogen) atoms. The monoisotopic (exact) mass is 501 g/mol. The third kappa shape index (κ3) is 4.39. The Balaban J connectivity index is 1.58. The van der Waals surface area contributed by atoms with Crippen molar-refractivity contribution in [3.05, 3.63) is 52.1 Å². The summed E-state index contributed by atoms with van der Waals surface area (Å²) in [5.74, 6) is 0.224. The molecule has 1 heterocycles. The highest BCUT2D eigenvalue weighted by molar-refractivity contribution is 5.91. The summed E-state index contributed by atoms with van der Waals surface area (Å²) < 4.78 is 16.6. The number of hydrogen-bond acceptors (Lipinski definition) is 8. The van der Waals surface area contributed by atoms with Crippen LogP contribution in [0.15, 0.2) is 42.0 Å². The van der Waals surface area contributed by atoms with E-state index in [1.54, 1.807) is 0 Å². The minimum Gasteiger partial charge on any atom is -0.493 e. The fraction of sp³-hybridized carbons (Fsp3) is 0.593. The van der Waals surface area contributed by atoms with Gasteiger partial charge in [0.1, 0.15) is 6.61 Å². The third-order valence-corrected chi connectivity index (χ3v) is 8.84. The van der Waals surface area contributed by atoms with E-state index in [1.165, 1.54) is 25.3 Å². The Morgan fingerprint density at radius 2 is 2.06 bits per heavy atom. The molecule has 1 aromatic carbocycles. The van der Waals surface area contributed by atoms with Crippen molar-refractivity contribution < 1.29 is 34.1 Å². The molecular weight excluding hydrogens is 466 g/mol. The molecular formula is C27H35NO8. The lowest BCUT2D eigenvalue weighted by atomic mass is 9.46. The van der Waals surface area contributed by atoms with Crippen LogP contribution in [0.3, 0.4) is 0 Å². The predicted molar refractivity (Wildman–Crippen MR) is 132 cm³/mol. The van der Waals surface area contributed by atoms with Crippen molar-refractivity contribution in [2.24, 2.45) is 22.7 Å². The van der Waals surface area contributed by atoms with E-state index in [0.29, 0.717) is 18.4 Å². The molecule has 0 spiro atoms. The van der Waals surface area contributed by atoms with E-state index in [-0.39, 0.29) is 47.7 Å². The fourth-order valence-electron chi connectivity index (χ4n) is 6.67. The summed E-state index contributed by atoms with van der Waals surface area (Å²) in [7, 11) is 1.39. The molecule has 4 rings (SSSR count). The van der Waals surface area contributed by atoms with E-state index in [2.05, 4.69) is 13.5 Å². The van der Waals surface area contributed by atoms with Gasteiger partial charge < -0.3 is 24.4 Å². The van der Waals surface area contributed by atoms with Crippen LogP contribution in [0.4, 0.5) is 5.69 Å². The van der Waals surface area contributed by atoms with E-state index < -0.39 is 28.5 Å². The summed E-state index contributed by atoms with van der Waals surface area (Å²) in [5.41, 5.74) is 0.630. The number of aliphatic hydroxyl groups excluding tert-OH is 2. The molecule has 3 fully saturated rings. The van der Waals surface area contributed by atoms with E-state index >= 15 is 0 Å². The van der Waals surface area contributed by atoms with Gasteiger partial charge in [-0.2, -0.15) is 0 Å². The minimum atomic E-state index is -0.677. The van der Waals surface area contributed by atoms with Crippen LogP contribution in [0.1, 0.15) is 46.0 Å². The third-order valence-electron chi connectivity index (χ3n) is 8.84. The van der Waals surface area contributed by atoms with Gasteiger partial charge in [-0.15, -0.1) is 0 Å². The molecule has 9 heteroatoms. The number of cyclic esters (lactones) is 1. The van der Waals surface area contributed by atoms with Crippen LogP contribution in [0.5, 0.6) is 11.5 Å². The van der Waals surface area contributed by atoms with Crippen molar-refractivity contribution in [1.82, 2.24) is 0 Å². The van der Waals surface area contributed by atoms with Crippen LogP contribution in [-0.2, 0) is 9.53 Å². The largest absolute Gasteiger partial charge is 0.493 e. The lowest BCUT2D eigenvalue weighted by Gasteiger charge is -2.59. The van der Waals surface area contributed by atoms with Gasteiger partial charge in [-0.3, -0.25) is 10.1 Å².